The molecule has 2 aliphatic rings. The highest BCUT2D eigenvalue weighted by molar-refractivity contribution is 5.96. The first-order chi connectivity index (χ1) is 20.3. The van der Waals surface area contributed by atoms with E-state index in [9.17, 15) is 19.8 Å². The van der Waals surface area contributed by atoms with Crippen LogP contribution in [0.4, 0.5) is 0 Å². The van der Waals surface area contributed by atoms with Gasteiger partial charge in [-0.05, 0) is 76.4 Å². The summed E-state index contributed by atoms with van der Waals surface area (Å²) in [5.74, 6) is 0.148. The quantitative estimate of drug-likeness (QED) is 0.173. The maximum absolute atomic E-state index is 12.9. The molecule has 2 fully saturated rings. The molecule has 0 aromatic carbocycles. The molecule has 2 aliphatic carbocycles. The fourth-order valence-corrected chi connectivity index (χ4v) is 6.26. The van der Waals surface area contributed by atoms with Gasteiger partial charge in [0.15, 0.2) is 11.6 Å². The Morgan fingerprint density at radius 1 is 0.477 bits per heavy atom. The predicted molar refractivity (Wildman–Crippen MR) is 185 cm³/mol. The van der Waals surface area contributed by atoms with Gasteiger partial charge in [0.25, 0.3) is 0 Å². The number of aliphatic hydroxyl groups excluding tert-OH is 2. The molecule has 0 spiro atoms. The Labute approximate surface area is 267 Å². The van der Waals surface area contributed by atoms with Crippen molar-refractivity contribution in [1.82, 2.24) is 0 Å². The van der Waals surface area contributed by atoms with Crippen molar-refractivity contribution < 1.29 is 19.8 Å². The SMILES string of the molecule is CC(C=CC(=O)[C@]1(C)C[C@@H](O)CC1(C)C)=CC=CC(C)=C/C=C/C=C(C)/C=C/C=C(C)/C=C/C(=O)[C@]1(C)C[C@@H](O)CC1(C)C. The first kappa shape index (κ1) is 37.1. The lowest BCUT2D eigenvalue weighted by atomic mass is 9.66. The van der Waals surface area contributed by atoms with Gasteiger partial charge in [0.2, 0.25) is 0 Å². The topological polar surface area (TPSA) is 74.6 Å². The van der Waals surface area contributed by atoms with Crippen LogP contribution in [0.1, 0.15) is 94.9 Å². The molecule has 4 heteroatoms. The third-order valence-electron chi connectivity index (χ3n) is 10.1. The summed E-state index contributed by atoms with van der Waals surface area (Å²) in [6.45, 7) is 20.2. The van der Waals surface area contributed by atoms with E-state index in [1.807, 2.05) is 114 Å². The van der Waals surface area contributed by atoms with Gasteiger partial charge in [-0.2, -0.15) is 0 Å². The summed E-state index contributed by atoms with van der Waals surface area (Å²) in [6.07, 6.45) is 28.6. The fraction of sp³-hybridized carbons (Fsp3) is 0.500. The number of carbonyl (C=O) groups excluding carboxylic acids is 2. The van der Waals surface area contributed by atoms with Crippen LogP contribution in [-0.2, 0) is 9.59 Å². The molecule has 4 atom stereocenters. The molecule has 2 saturated carbocycles. The minimum absolute atomic E-state index is 0.0742. The average molecular weight is 601 g/mol. The molecule has 0 radical (unpaired) electrons. The first-order valence-electron chi connectivity index (χ1n) is 15.9. The molecule has 0 aromatic rings. The second-order valence-electron chi connectivity index (χ2n) is 14.7. The molecule has 240 valence electrons. The number of hydrogen-bond donors (Lipinski definition) is 2. The van der Waals surface area contributed by atoms with E-state index in [4.69, 9.17) is 0 Å². The number of ketones is 2. The van der Waals surface area contributed by atoms with Gasteiger partial charge in [0.1, 0.15) is 0 Å². The summed E-state index contributed by atoms with van der Waals surface area (Å²) in [5, 5.41) is 20.2. The van der Waals surface area contributed by atoms with Crippen molar-refractivity contribution in [3.8, 4) is 0 Å². The van der Waals surface area contributed by atoms with Crippen molar-refractivity contribution in [3.05, 3.63) is 107 Å². The van der Waals surface area contributed by atoms with Crippen molar-refractivity contribution in [2.24, 2.45) is 21.7 Å². The van der Waals surface area contributed by atoms with E-state index >= 15 is 0 Å². The Morgan fingerprint density at radius 3 is 1.07 bits per heavy atom. The smallest absolute Gasteiger partial charge is 0.162 e. The van der Waals surface area contributed by atoms with E-state index in [0.717, 1.165) is 22.3 Å². The van der Waals surface area contributed by atoms with Crippen molar-refractivity contribution in [2.45, 2.75) is 107 Å². The van der Waals surface area contributed by atoms with Gasteiger partial charge in [0.05, 0.1) is 12.2 Å². The highest BCUT2D eigenvalue weighted by Gasteiger charge is 2.53. The fourth-order valence-electron chi connectivity index (χ4n) is 6.26. The molecule has 0 saturated heterocycles. The van der Waals surface area contributed by atoms with Gasteiger partial charge in [-0.3, -0.25) is 9.59 Å². The van der Waals surface area contributed by atoms with Crippen LogP contribution in [0.3, 0.4) is 0 Å². The van der Waals surface area contributed by atoms with E-state index in [0.29, 0.717) is 25.7 Å². The van der Waals surface area contributed by atoms with Crippen molar-refractivity contribution >= 4 is 11.6 Å². The minimum Gasteiger partial charge on any atom is -0.393 e. The molecule has 44 heavy (non-hydrogen) atoms. The number of carbonyl (C=O) groups is 2. The normalized spacial score (nSPS) is 30.3. The van der Waals surface area contributed by atoms with E-state index in [1.165, 1.54) is 0 Å². The Bertz CT molecular complexity index is 1230. The molecule has 0 aromatic heterocycles. The van der Waals surface area contributed by atoms with Crippen molar-refractivity contribution in [3.63, 3.8) is 0 Å². The molecule has 0 unspecified atom stereocenters. The summed E-state index contributed by atoms with van der Waals surface area (Å²) in [5.41, 5.74) is 2.65. The van der Waals surface area contributed by atoms with Crippen LogP contribution < -0.4 is 0 Å². The van der Waals surface area contributed by atoms with Crippen molar-refractivity contribution in [1.29, 1.82) is 0 Å². The molecule has 0 heterocycles. The van der Waals surface area contributed by atoms with Gasteiger partial charge < -0.3 is 10.2 Å². The Balaban J connectivity index is 1.87. The first-order valence-corrected chi connectivity index (χ1v) is 15.9. The lowest BCUT2D eigenvalue weighted by Gasteiger charge is -2.35. The third-order valence-corrected chi connectivity index (χ3v) is 10.1. The van der Waals surface area contributed by atoms with Gasteiger partial charge >= 0.3 is 0 Å². The Morgan fingerprint density at radius 2 is 0.773 bits per heavy atom. The second kappa shape index (κ2) is 15.3. The number of hydrogen-bond acceptors (Lipinski definition) is 4. The number of aliphatic hydroxyl groups is 2. The zero-order valence-electron chi connectivity index (χ0n) is 28.8. The predicted octanol–water partition coefficient (Wildman–Crippen LogP) is 9.07. The summed E-state index contributed by atoms with van der Waals surface area (Å²) in [7, 11) is 0. The molecule has 4 nitrogen and oxygen atoms in total. The minimum atomic E-state index is -0.542. The Hall–Kier alpha value is -3.08. The zero-order valence-corrected chi connectivity index (χ0v) is 28.8. The molecule has 0 aliphatic heterocycles. The van der Waals surface area contributed by atoms with E-state index in [2.05, 4.69) is 27.7 Å². The number of rotatable bonds is 12. The van der Waals surface area contributed by atoms with Crippen LogP contribution in [0, 0.1) is 21.7 Å². The summed E-state index contributed by atoms with van der Waals surface area (Å²) in [4.78, 5) is 25.9. The molecule has 2 N–H and O–H groups in total. The molecule has 2 rings (SSSR count). The Kier molecular flexibility index (Phi) is 12.9. The largest absolute Gasteiger partial charge is 0.393 e. The monoisotopic (exact) mass is 600 g/mol. The highest BCUT2D eigenvalue weighted by atomic mass is 16.3. The van der Waals surface area contributed by atoms with Crippen LogP contribution >= 0.6 is 0 Å². The van der Waals surface area contributed by atoms with Crippen LogP contribution in [-0.4, -0.2) is 34.0 Å². The molecular formula is C40H56O4. The lowest BCUT2D eigenvalue weighted by molar-refractivity contribution is -0.128. The average Bonchev–Trinajstić information content (AvgIpc) is 3.27. The van der Waals surface area contributed by atoms with E-state index in [-0.39, 0.29) is 22.4 Å². The second-order valence-corrected chi connectivity index (χ2v) is 14.7. The van der Waals surface area contributed by atoms with Gasteiger partial charge in [-0.15, -0.1) is 0 Å². The third kappa shape index (κ3) is 9.71. The molecule has 0 bridgehead atoms. The maximum Gasteiger partial charge on any atom is 0.162 e. The van der Waals surface area contributed by atoms with E-state index < -0.39 is 23.0 Å². The maximum atomic E-state index is 12.9. The van der Waals surface area contributed by atoms with Crippen LogP contribution in [0.2, 0.25) is 0 Å². The van der Waals surface area contributed by atoms with Gasteiger partial charge in [-0.1, -0.05) is 137 Å². The van der Waals surface area contributed by atoms with Gasteiger partial charge in [-0.25, -0.2) is 0 Å². The standard InChI is InChI=1S/C40H56O4/c1-29(17-13-19-31(3)21-23-35(43)39(9)27-33(41)25-37(39,5)6)15-11-12-16-30(2)18-14-20-32(4)22-24-36(44)40(10)28-34(42)26-38(40,7)8/h11-24,33-34,41-42H,25-28H2,1-10H3/b12-11+,17-13+,18-14?,23-21+,24-22?,29-15+,30-16?,31-19+,32-20?/t33-,34-,39-,40-/m0/s1. The lowest BCUT2D eigenvalue weighted by Crippen LogP contribution is -2.36. The van der Waals surface area contributed by atoms with Gasteiger partial charge in [0, 0.05) is 10.8 Å². The number of allylic oxidation sites excluding steroid dienone is 18. The van der Waals surface area contributed by atoms with Crippen LogP contribution in [0.15, 0.2) is 107 Å². The van der Waals surface area contributed by atoms with Crippen LogP contribution in [0.5, 0.6) is 0 Å². The highest BCUT2D eigenvalue weighted by Crippen LogP contribution is 2.54. The summed E-state index contributed by atoms with van der Waals surface area (Å²) < 4.78 is 0. The van der Waals surface area contributed by atoms with Crippen molar-refractivity contribution in [2.75, 3.05) is 0 Å². The summed E-state index contributed by atoms with van der Waals surface area (Å²) in [6, 6.07) is 0. The summed E-state index contributed by atoms with van der Waals surface area (Å²) >= 11 is 0. The molecular weight excluding hydrogens is 544 g/mol. The van der Waals surface area contributed by atoms with Crippen LogP contribution in [0.25, 0.3) is 0 Å². The van der Waals surface area contributed by atoms with E-state index in [1.54, 1.807) is 12.2 Å². The molecule has 0 amide bonds. The zero-order chi connectivity index (χ0) is 33.3.